The maximum atomic E-state index is 11.5. The second kappa shape index (κ2) is 19.5. The van der Waals surface area contributed by atoms with Crippen LogP contribution in [0.3, 0.4) is 0 Å². The van der Waals surface area contributed by atoms with Crippen LogP contribution in [0.25, 0.3) is 0 Å². The highest BCUT2D eigenvalue weighted by Gasteiger charge is 2.00. The monoisotopic (exact) mass is 325 g/mol. The fraction of sp³-hybridized carbons (Fsp3) is 0.952. The third-order valence-corrected chi connectivity index (χ3v) is 4.61. The summed E-state index contributed by atoms with van der Waals surface area (Å²) in [4.78, 5) is 11.5. The molecular formula is C21H43NO. The smallest absolute Gasteiger partial charge is 0.219 e. The van der Waals surface area contributed by atoms with Crippen LogP contribution in [0, 0.1) is 0 Å². The number of amides is 1. The molecule has 0 aliphatic heterocycles. The van der Waals surface area contributed by atoms with E-state index < -0.39 is 0 Å². The lowest BCUT2D eigenvalue weighted by atomic mass is 10.0. The summed E-state index contributed by atoms with van der Waals surface area (Å²) < 4.78 is 0. The van der Waals surface area contributed by atoms with Crippen LogP contribution in [0.1, 0.15) is 123 Å². The van der Waals surface area contributed by atoms with Gasteiger partial charge >= 0.3 is 0 Å². The number of nitrogens with one attached hydrogen (secondary N) is 1. The van der Waals surface area contributed by atoms with E-state index in [-0.39, 0.29) is 5.91 Å². The molecule has 0 aromatic carbocycles. The molecule has 0 aromatic heterocycles. The summed E-state index contributed by atoms with van der Waals surface area (Å²) >= 11 is 0. The fourth-order valence-corrected chi connectivity index (χ4v) is 2.97. The summed E-state index contributed by atoms with van der Waals surface area (Å²) in [5.41, 5.74) is 0. The van der Waals surface area contributed by atoms with Gasteiger partial charge < -0.3 is 5.32 Å². The minimum atomic E-state index is 0.248. The second-order valence-electron chi connectivity index (χ2n) is 7.05. The second-order valence-corrected chi connectivity index (χ2v) is 7.05. The molecule has 0 heterocycles. The Labute approximate surface area is 146 Å². The molecule has 1 amide bonds. The van der Waals surface area contributed by atoms with Crippen LogP contribution >= 0.6 is 0 Å². The zero-order valence-electron chi connectivity index (χ0n) is 16.1. The maximum Gasteiger partial charge on any atom is 0.219 e. The molecule has 0 aliphatic rings. The molecule has 0 fully saturated rings. The number of carbonyl (C=O) groups excluding carboxylic acids is 1. The molecule has 138 valence electrons. The van der Waals surface area contributed by atoms with E-state index in [1.165, 1.54) is 83.5 Å². The summed E-state index contributed by atoms with van der Waals surface area (Å²) in [6.45, 7) is 5.29. The molecule has 0 radical (unpaired) electrons. The molecule has 0 spiro atoms. The first kappa shape index (κ1) is 22.5. The third-order valence-electron chi connectivity index (χ3n) is 4.61. The Balaban J connectivity index is 3.06. The van der Waals surface area contributed by atoms with E-state index in [2.05, 4.69) is 19.2 Å². The first-order valence-corrected chi connectivity index (χ1v) is 10.6. The van der Waals surface area contributed by atoms with Crippen LogP contribution in [0.5, 0.6) is 0 Å². The van der Waals surface area contributed by atoms with E-state index in [0.29, 0.717) is 0 Å². The van der Waals surface area contributed by atoms with Gasteiger partial charge in [0, 0.05) is 13.0 Å². The first-order chi connectivity index (χ1) is 11.3. The lowest BCUT2D eigenvalue weighted by molar-refractivity contribution is -0.121. The van der Waals surface area contributed by atoms with Gasteiger partial charge in [-0.3, -0.25) is 4.79 Å². The zero-order chi connectivity index (χ0) is 17.0. The number of hydrogen-bond donors (Lipinski definition) is 1. The van der Waals surface area contributed by atoms with Gasteiger partial charge in [-0.2, -0.15) is 0 Å². The highest BCUT2D eigenvalue weighted by molar-refractivity contribution is 5.75. The zero-order valence-corrected chi connectivity index (χ0v) is 16.1. The van der Waals surface area contributed by atoms with Crippen molar-refractivity contribution in [2.75, 3.05) is 6.54 Å². The number of unbranched alkanes of at least 4 members (excludes halogenated alkanes) is 14. The topological polar surface area (TPSA) is 29.1 Å². The SMILES string of the molecule is CCCCCCCCCCCCCCCCC(=O)NCCCC. The summed E-state index contributed by atoms with van der Waals surface area (Å²) in [6.07, 6.45) is 22.1. The minimum absolute atomic E-state index is 0.248. The molecule has 2 nitrogen and oxygen atoms in total. The van der Waals surface area contributed by atoms with Gasteiger partial charge in [-0.05, 0) is 12.8 Å². The predicted octanol–water partition coefficient (Wildman–Crippen LogP) is 6.77. The van der Waals surface area contributed by atoms with Crippen molar-refractivity contribution in [3.05, 3.63) is 0 Å². The number of rotatable bonds is 18. The van der Waals surface area contributed by atoms with Gasteiger partial charge in [0.2, 0.25) is 5.91 Å². The molecular weight excluding hydrogens is 282 g/mol. The van der Waals surface area contributed by atoms with Crippen molar-refractivity contribution >= 4 is 5.91 Å². The van der Waals surface area contributed by atoms with Crippen molar-refractivity contribution in [1.29, 1.82) is 0 Å². The van der Waals surface area contributed by atoms with Crippen molar-refractivity contribution in [3.63, 3.8) is 0 Å². The quantitative estimate of drug-likeness (QED) is 0.277. The highest BCUT2D eigenvalue weighted by atomic mass is 16.1. The van der Waals surface area contributed by atoms with Crippen LogP contribution < -0.4 is 5.32 Å². The van der Waals surface area contributed by atoms with Crippen LogP contribution in [-0.2, 0) is 4.79 Å². The summed E-state index contributed by atoms with van der Waals surface area (Å²) in [5, 5.41) is 2.99. The van der Waals surface area contributed by atoms with E-state index in [9.17, 15) is 4.79 Å². The van der Waals surface area contributed by atoms with E-state index in [0.717, 1.165) is 32.2 Å². The molecule has 0 rings (SSSR count). The van der Waals surface area contributed by atoms with Gasteiger partial charge in [0.25, 0.3) is 0 Å². The van der Waals surface area contributed by atoms with Crippen molar-refractivity contribution in [2.24, 2.45) is 0 Å². The Hall–Kier alpha value is -0.530. The third kappa shape index (κ3) is 19.4. The van der Waals surface area contributed by atoms with Crippen LogP contribution in [0.15, 0.2) is 0 Å². The van der Waals surface area contributed by atoms with Crippen molar-refractivity contribution in [3.8, 4) is 0 Å². The average Bonchev–Trinajstić information content (AvgIpc) is 2.55. The number of carbonyl (C=O) groups is 1. The van der Waals surface area contributed by atoms with Gasteiger partial charge in [-0.25, -0.2) is 0 Å². The highest BCUT2D eigenvalue weighted by Crippen LogP contribution is 2.13. The van der Waals surface area contributed by atoms with Crippen molar-refractivity contribution < 1.29 is 4.79 Å². The van der Waals surface area contributed by atoms with E-state index in [1.54, 1.807) is 0 Å². The average molecular weight is 326 g/mol. The lowest BCUT2D eigenvalue weighted by Crippen LogP contribution is -2.23. The molecule has 0 aromatic rings. The molecule has 0 atom stereocenters. The normalized spacial score (nSPS) is 10.9. The van der Waals surface area contributed by atoms with Gasteiger partial charge in [-0.1, -0.05) is 104 Å². The maximum absolute atomic E-state index is 11.5. The van der Waals surface area contributed by atoms with E-state index in [1.807, 2.05) is 0 Å². The molecule has 0 saturated heterocycles. The Morgan fingerprint density at radius 1 is 0.565 bits per heavy atom. The Bertz CT molecular complexity index is 240. The molecule has 0 saturated carbocycles. The van der Waals surface area contributed by atoms with E-state index in [4.69, 9.17) is 0 Å². The molecule has 0 aliphatic carbocycles. The van der Waals surface area contributed by atoms with Crippen molar-refractivity contribution in [2.45, 2.75) is 123 Å². The first-order valence-electron chi connectivity index (χ1n) is 10.6. The van der Waals surface area contributed by atoms with Crippen molar-refractivity contribution in [1.82, 2.24) is 5.32 Å². The summed E-state index contributed by atoms with van der Waals surface area (Å²) in [6, 6.07) is 0. The Kier molecular flexibility index (Phi) is 19.1. The summed E-state index contributed by atoms with van der Waals surface area (Å²) in [5.74, 6) is 0.248. The Morgan fingerprint density at radius 2 is 0.957 bits per heavy atom. The minimum Gasteiger partial charge on any atom is -0.356 e. The van der Waals surface area contributed by atoms with Gasteiger partial charge in [-0.15, -0.1) is 0 Å². The largest absolute Gasteiger partial charge is 0.356 e. The van der Waals surface area contributed by atoms with Crippen LogP contribution in [0.4, 0.5) is 0 Å². The van der Waals surface area contributed by atoms with E-state index >= 15 is 0 Å². The predicted molar refractivity (Wildman–Crippen MR) is 103 cm³/mol. The van der Waals surface area contributed by atoms with Crippen LogP contribution in [0.2, 0.25) is 0 Å². The Morgan fingerprint density at radius 3 is 1.39 bits per heavy atom. The van der Waals surface area contributed by atoms with Gasteiger partial charge in [0.15, 0.2) is 0 Å². The summed E-state index contributed by atoms with van der Waals surface area (Å²) in [7, 11) is 0. The number of hydrogen-bond acceptors (Lipinski definition) is 1. The molecule has 2 heteroatoms. The molecule has 23 heavy (non-hydrogen) atoms. The standard InChI is InChI=1S/C21H43NO/c1-3-5-7-8-9-10-11-12-13-14-15-16-17-18-19-21(23)22-20-6-4-2/h3-20H2,1-2H3,(H,22,23). The van der Waals surface area contributed by atoms with Gasteiger partial charge in [0.05, 0.1) is 0 Å². The van der Waals surface area contributed by atoms with Gasteiger partial charge in [0.1, 0.15) is 0 Å². The van der Waals surface area contributed by atoms with Crippen LogP contribution in [-0.4, -0.2) is 12.5 Å². The fourth-order valence-electron chi connectivity index (χ4n) is 2.97. The molecule has 0 unspecified atom stereocenters. The lowest BCUT2D eigenvalue weighted by Gasteiger charge is -2.04. The molecule has 0 bridgehead atoms. The molecule has 1 N–H and O–H groups in total.